The monoisotopic (exact) mass is 490 g/mol. The number of nitrogens with zero attached hydrogens (tertiary/aromatic N) is 4. The quantitative estimate of drug-likeness (QED) is 0.367. The molecule has 0 spiro atoms. The van der Waals surface area contributed by atoms with E-state index in [4.69, 9.17) is 19.0 Å². The maximum Gasteiger partial charge on any atom is 0.259 e. The van der Waals surface area contributed by atoms with Gasteiger partial charge in [-0.05, 0) is 25.8 Å². The fourth-order valence-corrected chi connectivity index (χ4v) is 5.39. The van der Waals surface area contributed by atoms with Crippen molar-refractivity contribution in [2.75, 3.05) is 27.3 Å². The minimum atomic E-state index is -0.0807. The lowest BCUT2D eigenvalue weighted by atomic mass is 9.97. The highest BCUT2D eigenvalue weighted by Gasteiger charge is 2.29. The van der Waals surface area contributed by atoms with E-state index in [1.54, 1.807) is 23.5 Å². The molecule has 3 aromatic heterocycles. The van der Waals surface area contributed by atoms with Gasteiger partial charge in [-0.25, -0.2) is 4.98 Å². The molecule has 35 heavy (non-hydrogen) atoms. The third-order valence-corrected chi connectivity index (χ3v) is 7.29. The van der Waals surface area contributed by atoms with Crippen molar-refractivity contribution in [1.82, 2.24) is 20.0 Å². The second-order valence-corrected chi connectivity index (χ2v) is 9.27. The molecule has 0 saturated carbocycles. The fourth-order valence-electron chi connectivity index (χ4n) is 4.41. The molecule has 0 atom stereocenters. The van der Waals surface area contributed by atoms with Crippen molar-refractivity contribution in [2.45, 2.75) is 25.7 Å². The van der Waals surface area contributed by atoms with E-state index < -0.39 is 0 Å². The number of thiazole rings is 1. The molecule has 1 amide bonds. The molecule has 8 nitrogen and oxygen atoms in total. The normalized spacial score (nSPS) is 14.2. The van der Waals surface area contributed by atoms with Gasteiger partial charge in [-0.2, -0.15) is 4.98 Å². The van der Waals surface area contributed by atoms with Crippen molar-refractivity contribution in [3.05, 3.63) is 64.2 Å². The SMILES string of the molecule is COc1ccc(C(=O)N2CCC(c3nc(-c4c(-c5ccccc5)noc4C)cs3)CC2)c(OC)n1. The van der Waals surface area contributed by atoms with Gasteiger partial charge in [0.05, 0.1) is 30.5 Å². The number of pyridine rings is 1. The molecule has 1 saturated heterocycles. The zero-order valence-corrected chi connectivity index (χ0v) is 20.7. The van der Waals surface area contributed by atoms with E-state index in [-0.39, 0.29) is 11.8 Å². The molecular formula is C26H26N4O4S. The average molecular weight is 491 g/mol. The summed E-state index contributed by atoms with van der Waals surface area (Å²) in [5, 5.41) is 7.44. The minimum absolute atomic E-state index is 0.0807. The maximum atomic E-state index is 13.1. The van der Waals surface area contributed by atoms with Crippen LogP contribution in [0, 0.1) is 6.92 Å². The van der Waals surface area contributed by atoms with Crippen LogP contribution in [-0.4, -0.2) is 53.2 Å². The van der Waals surface area contributed by atoms with Gasteiger partial charge in [-0.1, -0.05) is 35.5 Å². The number of methoxy groups -OCH3 is 2. The number of carbonyl (C=O) groups excluding carboxylic acids is 1. The van der Waals surface area contributed by atoms with Gasteiger partial charge in [0.25, 0.3) is 5.91 Å². The molecule has 5 rings (SSSR count). The number of carbonyl (C=O) groups is 1. The van der Waals surface area contributed by atoms with Gasteiger partial charge < -0.3 is 18.9 Å². The van der Waals surface area contributed by atoms with E-state index in [0.717, 1.165) is 46.1 Å². The van der Waals surface area contributed by atoms with Crippen molar-refractivity contribution in [3.63, 3.8) is 0 Å². The van der Waals surface area contributed by atoms with Crippen LogP contribution in [0.4, 0.5) is 0 Å². The van der Waals surface area contributed by atoms with Crippen LogP contribution in [0.25, 0.3) is 22.5 Å². The number of aromatic nitrogens is 3. The van der Waals surface area contributed by atoms with Gasteiger partial charge in [0.2, 0.25) is 11.8 Å². The lowest BCUT2D eigenvalue weighted by Crippen LogP contribution is -2.38. The van der Waals surface area contributed by atoms with Crippen LogP contribution in [0.1, 0.15) is 39.9 Å². The van der Waals surface area contributed by atoms with Crippen LogP contribution >= 0.6 is 11.3 Å². The molecule has 4 heterocycles. The molecule has 9 heteroatoms. The van der Waals surface area contributed by atoms with Crippen molar-refractivity contribution in [1.29, 1.82) is 0 Å². The largest absolute Gasteiger partial charge is 0.481 e. The Bertz CT molecular complexity index is 1330. The highest BCUT2D eigenvalue weighted by atomic mass is 32.1. The molecule has 1 aliphatic heterocycles. The molecule has 180 valence electrons. The Morgan fingerprint density at radius 2 is 1.83 bits per heavy atom. The summed E-state index contributed by atoms with van der Waals surface area (Å²) in [6.45, 7) is 3.21. The number of piperidine rings is 1. The predicted octanol–water partition coefficient (Wildman–Crippen LogP) is 5.21. The summed E-state index contributed by atoms with van der Waals surface area (Å²) in [7, 11) is 3.04. The second kappa shape index (κ2) is 9.87. The summed E-state index contributed by atoms with van der Waals surface area (Å²) in [6.07, 6.45) is 1.69. The Kier molecular flexibility index (Phi) is 6.50. The van der Waals surface area contributed by atoms with Crippen molar-refractivity contribution >= 4 is 17.2 Å². The summed E-state index contributed by atoms with van der Waals surface area (Å²) in [5.74, 6) is 1.66. The first-order chi connectivity index (χ1) is 17.1. The third-order valence-electron chi connectivity index (χ3n) is 6.29. The van der Waals surface area contributed by atoms with Crippen molar-refractivity contribution < 1.29 is 18.8 Å². The van der Waals surface area contributed by atoms with Crippen LogP contribution in [-0.2, 0) is 0 Å². The van der Waals surface area contributed by atoms with E-state index in [2.05, 4.69) is 15.5 Å². The Morgan fingerprint density at radius 1 is 1.06 bits per heavy atom. The number of ether oxygens (including phenoxy) is 2. The summed E-state index contributed by atoms with van der Waals surface area (Å²) < 4.78 is 16.0. The number of hydrogen-bond donors (Lipinski definition) is 0. The van der Waals surface area contributed by atoms with Gasteiger partial charge in [-0.3, -0.25) is 4.79 Å². The summed E-state index contributed by atoms with van der Waals surface area (Å²) in [4.78, 5) is 24.2. The van der Waals surface area contributed by atoms with E-state index in [1.807, 2.05) is 42.2 Å². The molecule has 0 radical (unpaired) electrons. The van der Waals surface area contributed by atoms with E-state index in [1.165, 1.54) is 14.2 Å². The Labute approximate surface area is 207 Å². The van der Waals surface area contributed by atoms with Crippen LogP contribution in [0.3, 0.4) is 0 Å². The first-order valence-corrected chi connectivity index (χ1v) is 12.3. The van der Waals surface area contributed by atoms with Crippen LogP contribution in [0.2, 0.25) is 0 Å². The Morgan fingerprint density at radius 3 is 2.54 bits per heavy atom. The molecule has 1 fully saturated rings. The molecule has 0 unspecified atom stereocenters. The molecule has 1 aromatic carbocycles. The average Bonchev–Trinajstić information content (AvgIpc) is 3.55. The number of aryl methyl sites for hydroxylation is 1. The van der Waals surface area contributed by atoms with E-state index in [9.17, 15) is 4.79 Å². The first kappa shape index (κ1) is 23.0. The minimum Gasteiger partial charge on any atom is -0.481 e. The lowest BCUT2D eigenvalue weighted by Gasteiger charge is -2.31. The highest BCUT2D eigenvalue weighted by molar-refractivity contribution is 7.10. The predicted molar refractivity (Wildman–Crippen MR) is 133 cm³/mol. The number of rotatable bonds is 6. The summed E-state index contributed by atoms with van der Waals surface area (Å²) >= 11 is 1.66. The number of amides is 1. The molecule has 4 aromatic rings. The topological polar surface area (TPSA) is 90.6 Å². The molecule has 1 aliphatic rings. The van der Waals surface area contributed by atoms with Gasteiger partial charge in [-0.15, -0.1) is 11.3 Å². The van der Waals surface area contributed by atoms with Crippen LogP contribution < -0.4 is 9.47 Å². The van der Waals surface area contributed by atoms with Gasteiger partial charge >= 0.3 is 0 Å². The van der Waals surface area contributed by atoms with Gasteiger partial charge in [0.15, 0.2) is 0 Å². The van der Waals surface area contributed by atoms with Crippen LogP contribution in [0.5, 0.6) is 11.8 Å². The lowest BCUT2D eigenvalue weighted by molar-refractivity contribution is 0.0708. The number of likely N-dealkylation sites (tertiary alicyclic amines) is 1. The molecular weight excluding hydrogens is 464 g/mol. The van der Waals surface area contributed by atoms with E-state index >= 15 is 0 Å². The van der Waals surface area contributed by atoms with Crippen LogP contribution in [0.15, 0.2) is 52.4 Å². The zero-order valence-electron chi connectivity index (χ0n) is 19.9. The fraction of sp³-hybridized carbons (Fsp3) is 0.308. The van der Waals surface area contributed by atoms with E-state index in [0.29, 0.717) is 30.5 Å². The zero-order chi connectivity index (χ0) is 24.4. The molecule has 0 aliphatic carbocycles. The number of benzene rings is 1. The summed E-state index contributed by atoms with van der Waals surface area (Å²) in [5.41, 5.74) is 4.08. The number of hydrogen-bond acceptors (Lipinski definition) is 8. The summed E-state index contributed by atoms with van der Waals surface area (Å²) in [6, 6.07) is 13.4. The first-order valence-electron chi connectivity index (χ1n) is 11.4. The second-order valence-electron chi connectivity index (χ2n) is 8.38. The third kappa shape index (κ3) is 4.51. The van der Waals surface area contributed by atoms with Crippen molar-refractivity contribution in [2.24, 2.45) is 0 Å². The standard InChI is InChI=1S/C26H26N4O4S/c1-16-22(23(29-34-16)17-7-5-4-6-8-17)20-15-35-25(27-20)18-11-13-30(14-12-18)26(31)19-9-10-21(32-2)28-24(19)33-3/h4-10,15,18H,11-14H2,1-3H3. The van der Waals surface area contributed by atoms with Gasteiger partial charge in [0, 0.05) is 36.0 Å². The highest BCUT2D eigenvalue weighted by Crippen LogP contribution is 2.38. The Balaban J connectivity index is 1.30. The molecule has 0 bridgehead atoms. The van der Waals surface area contributed by atoms with Crippen molar-refractivity contribution in [3.8, 4) is 34.3 Å². The van der Waals surface area contributed by atoms with Gasteiger partial charge in [0.1, 0.15) is 17.0 Å². The molecule has 0 N–H and O–H groups in total. The maximum absolute atomic E-state index is 13.1. The smallest absolute Gasteiger partial charge is 0.259 e. The Hall–Kier alpha value is -3.72.